The first kappa shape index (κ1) is 25.2. The topological polar surface area (TPSA) is 9.23 Å². The third-order valence-electron chi connectivity index (χ3n) is 6.95. The predicted molar refractivity (Wildman–Crippen MR) is 127 cm³/mol. The quantitative estimate of drug-likeness (QED) is 0.302. The van der Waals surface area contributed by atoms with Gasteiger partial charge >= 0.3 is 6.11 Å². The zero-order chi connectivity index (χ0) is 25.2. The van der Waals surface area contributed by atoms with Crippen LogP contribution in [0, 0.1) is 36.2 Å². The van der Waals surface area contributed by atoms with Crippen LogP contribution in [0.15, 0.2) is 54.6 Å². The van der Waals surface area contributed by atoms with Gasteiger partial charge in [-0.15, -0.1) is 0 Å². The van der Waals surface area contributed by atoms with Gasteiger partial charge in [-0.25, -0.2) is 13.2 Å². The molecule has 1 saturated carbocycles. The third kappa shape index (κ3) is 6.03. The zero-order valence-corrected chi connectivity index (χ0v) is 19.9. The van der Waals surface area contributed by atoms with Crippen LogP contribution in [0.25, 0.3) is 11.1 Å². The van der Waals surface area contributed by atoms with E-state index in [4.69, 9.17) is 0 Å². The van der Waals surface area contributed by atoms with Crippen molar-refractivity contribution in [2.75, 3.05) is 0 Å². The van der Waals surface area contributed by atoms with Crippen molar-refractivity contribution < 1.29 is 26.7 Å². The first-order valence-electron chi connectivity index (χ1n) is 12.0. The van der Waals surface area contributed by atoms with E-state index in [-0.39, 0.29) is 5.56 Å². The largest absolute Gasteiger partial charge is 0.432 e. The Morgan fingerprint density at radius 3 is 2.03 bits per heavy atom. The second kappa shape index (κ2) is 10.4. The van der Waals surface area contributed by atoms with Crippen molar-refractivity contribution in [3.05, 3.63) is 88.7 Å². The van der Waals surface area contributed by atoms with E-state index >= 15 is 0 Å². The molecule has 0 aliphatic heterocycles. The second-order valence-electron chi connectivity index (χ2n) is 9.72. The molecular weight excluding hydrogens is 459 g/mol. The Balaban J connectivity index is 1.47. The highest BCUT2D eigenvalue weighted by Crippen LogP contribution is 2.38. The van der Waals surface area contributed by atoms with E-state index in [1.165, 1.54) is 25.0 Å². The SMILES string of the molecule is Cc1ccc(-c2cc(F)c(C(F)(F)Oc3ccc(CCC4CCC(C)CC4)c(F)c3)c(F)c2)cc1. The number of ether oxygens (including phenoxy) is 1. The van der Waals surface area contributed by atoms with Gasteiger partial charge in [-0.1, -0.05) is 68.5 Å². The number of hydrogen-bond acceptors (Lipinski definition) is 1. The summed E-state index contributed by atoms with van der Waals surface area (Å²) in [5, 5.41) is 0. The predicted octanol–water partition coefficient (Wildman–Crippen LogP) is 8.97. The summed E-state index contributed by atoms with van der Waals surface area (Å²) in [6.07, 6.45) is 1.61. The highest BCUT2D eigenvalue weighted by molar-refractivity contribution is 5.64. The van der Waals surface area contributed by atoms with Crippen LogP contribution < -0.4 is 4.74 Å². The van der Waals surface area contributed by atoms with Crippen LogP contribution >= 0.6 is 0 Å². The average Bonchev–Trinajstić information content (AvgIpc) is 2.79. The maximum Gasteiger partial charge on any atom is 0.432 e. The minimum atomic E-state index is -4.33. The fourth-order valence-corrected chi connectivity index (χ4v) is 4.73. The van der Waals surface area contributed by atoms with Gasteiger partial charge < -0.3 is 4.74 Å². The average molecular weight is 489 g/mol. The Bertz CT molecular complexity index is 1140. The molecule has 186 valence electrons. The van der Waals surface area contributed by atoms with Crippen LogP contribution in [0.3, 0.4) is 0 Å². The normalized spacial score (nSPS) is 18.5. The fourth-order valence-electron chi connectivity index (χ4n) is 4.73. The first-order valence-corrected chi connectivity index (χ1v) is 12.0. The monoisotopic (exact) mass is 488 g/mol. The number of aryl methyl sites for hydroxylation is 2. The molecule has 0 atom stereocenters. The van der Waals surface area contributed by atoms with Crippen LogP contribution in [0.4, 0.5) is 22.0 Å². The Morgan fingerprint density at radius 1 is 0.800 bits per heavy atom. The van der Waals surface area contributed by atoms with E-state index in [2.05, 4.69) is 11.7 Å². The maximum atomic E-state index is 14.8. The van der Waals surface area contributed by atoms with Gasteiger partial charge in [0.05, 0.1) is 0 Å². The van der Waals surface area contributed by atoms with Crippen molar-refractivity contribution in [2.24, 2.45) is 11.8 Å². The lowest BCUT2D eigenvalue weighted by atomic mass is 9.80. The van der Waals surface area contributed by atoms with Crippen LogP contribution in [0.1, 0.15) is 55.7 Å². The zero-order valence-electron chi connectivity index (χ0n) is 19.9. The number of hydrogen-bond donors (Lipinski definition) is 0. The molecule has 1 aliphatic rings. The van der Waals surface area contributed by atoms with Gasteiger partial charge in [-0.3, -0.25) is 0 Å². The van der Waals surface area contributed by atoms with Crippen molar-refractivity contribution in [3.63, 3.8) is 0 Å². The summed E-state index contributed by atoms with van der Waals surface area (Å²) < 4.78 is 78.0. The molecule has 1 nitrogen and oxygen atoms in total. The molecule has 3 aromatic rings. The Morgan fingerprint density at radius 2 is 1.43 bits per heavy atom. The van der Waals surface area contributed by atoms with Crippen molar-refractivity contribution in [1.29, 1.82) is 0 Å². The highest BCUT2D eigenvalue weighted by atomic mass is 19.3. The van der Waals surface area contributed by atoms with Crippen LogP contribution in [0.5, 0.6) is 5.75 Å². The molecule has 0 spiro atoms. The minimum Gasteiger partial charge on any atom is -0.429 e. The van der Waals surface area contributed by atoms with Gasteiger partial charge in [0.25, 0.3) is 0 Å². The first-order chi connectivity index (χ1) is 16.6. The molecule has 35 heavy (non-hydrogen) atoms. The smallest absolute Gasteiger partial charge is 0.429 e. The van der Waals surface area contributed by atoms with Crippen LogP contribution in [-0.4, -0.2) is 0 Å². The van der Waals surface area contributed by atoms with E-state index in [9.17, 15) is 22.0 Å². The molecule has 3 aromatic carbocycles. The molecule has 0 unspecified atom stereocenters. The van der Waals surface area contributed by atoms with Crippen molar-refractivity contribution >= 4 is 0 Å². The van der Waals surface area contributed by atoms with E-state index in [1.807, 2.05) is 6.92 Å². The molecule has 0 aromatic heterocycles. The van der Waals surface area contributed by atoms with Gasteiger partial charge in [0.2, 0.25) is 0 Å². The lowest BCUT2D eigenvalue weighted by Gasteiger charge is -2.26. The number of halogens is 5. The van der Waals surface area contributed by atoms with Gasteiger partial charge in [-0.2, -0.15) is 8.78 Å². The van der Waals surface area contributed by atoms with Gasteiger partial charge in [0.1, 0.15) is 28.8 Å². The Labute approximate surface area is 202 Å². The minimum absolute atomic E-state index is 0.127. The molecular formula is C29H29F5O. The summed E-state index contributed by atoms with van der Waals surface area (Å²) in [4.78, 5) is 0. The summed E-state index contributed by atoms with van der Waals surface area (Å²) in [5.74, 6) is -2.77. The molecule has 1 aliphatic carbocycles. The van der Waals surface area contributed by atoms with Crippen LogP contribution in [-0.2, 0) is 12.5 Å². The molecule has 4 rings (SSSR count). The maximum absolute atomic E-state index is 14.8. The molecule has 0 radical (unpaired) electrons. The Kier molecular flexibility index (Phi) is 7.48. The summed E-state index contributed by atoms with van der Waals surface area (Å²) in [6, 6.07) is 12.0. The van der Waals surface area contributed by atoms with Crippen molar-refractivity contribution in [3.8, 4) is 16.9 Å². The lowest BCUT2D eigenvalue weighted by Crippen LogP contribution is -2.25. The lowest BCUT2D eigenvalue weighted by molar-refractivity contribution is -0.189. The Hall–Kier alpha value is -2.89. The van der Waals surface area contributed by atoms with Gasteiger partial charge in [-0.05, 0) is 66.5 Å². The molecule has 0 amide bonds. The number of alkyl halides is 2. The summed E-state index contributed by atoms with van der Waals surface area (Å²) >= 11 is 0. The highest BCUT2D eigenvalue weighted by Gasteiger charge is 2.41. The molecule has 0 heterocycles. The van der Waals surface area contributed by atoms with E-state index in [0.29, 0.717) is 23.5 Å². The molecule has 0 N–H and O–H groups in total. The summed E-state index contributed by atoms with van der Waals surface area (Å²) in [7, 11) is 0. The standard InChI is InChI=1S/C29H29F5O/c1-18-3-7-20(8-4-18)9-12-22-13-14-24(17-25(22)30)35-29(33,34)28-26(31)15-23(16-27(28)32)21-10-5-19(2)6-11-21/h5-6,10-11,13-18,20H,3-4,7-9,12H2,1-2H3. The van der Waals surface area contributed by atoms with E-state index in [1.54, 1.807) is 24.3 Å². The van der Waals surface area contributed by atoms with Gasteiger partial charge in [0, 0.05) is 6.07 Å². The van der Waals surface area contributed by atoms with E-state index < -0.39 is 34.9 Å². The molecule has 1 fully saturated rings. The van der Waals surface area contributed by atoms with Crippen molar-refractivity contribution in [2.45, 2.75) is 58.5 Å². The summed E-state index contributed by atoms with van der Waals surface area (Å²) in [5.41, 5.74) is 0.476. The van der Waals surface area contributed by atoms with Crippen LogP contribution in [0.2, 0.25) is 0 Å². The number of benzene rings is 3. The van der Waals surface area contributed by atoms with Crippen molar-refractivity contribution in [1.82, 2.24) is 0 Å². The molecule has 6 heteroatoms. The molecule has 0 bridgehead atoms. The third-order valence-corrected chi connectivity index (χ3v) is 6.95. The van der Waals surface area contributed by atoms with E-state index in [0.717, 1.165) is 48.9 Å². The fraction of sp³-hybridized carbons (Fsp3) is 0.379. The summed E-state index contributed by atoms with van der Waals surface area (Å²) in [6.45, 7) is 4.10. The number of rotatable bonds is 7. The molecule has 0 saturated heterocycles. The van der Waals surface area contributed by atoms with Gasteiger partial charge in [0.15, 0.2) is 0 Å². The second-order valence-corrected chi connectivity index (χ2v) is 9.72.